The Labute approximate surface area is 165 Å². The monoisotopic (exact) mass is 425 g/mol. The van der Waals surface area contributed by atoms with E-state index in [9.17, 15) is 23.8 Å². The summed E-state index contributed by atoms with van der Waals surface area (Å²) in [4.78, 5) is 11.0. The van der Waals surface area contributed by atoms with E-state index in [-0.39, 0.29) is 26.3 Å². The van der Waals surface area contributed by atoms with Crippen molar-refractivity contribution >= 4 is 50.9 Å². The molecule has 7 nitrogen and oxygen atoms in total. The fraction of sp³-hybridized carbons (Fsp3) is 0. The van der Waals surface area contributed by atoms with Crippen molar-refractivity contribution in [2.24, 2.45) is 0 Å². The van der Waals surface area contributed by atoms with Crippen LogP contribution in [0.5, 0.6) is 11.5 Å². The zero-order valence-corrected chi connectivity index (χ0v) is 15.8. The van der Waals surface area contributed by atoms with E-state index >= 15 is 0 Å². The topological polar surface area (TPSA) is 118 Å². The Morgan fingerprint density at radius 3 is 2.33 bits per heavy atom. The molecule has 140 valence electrons. The minimum Gasteiger partial charge on any atom is -0.507 e. The second-order valence-corrected chi connectivity index (χ2v) is 7.78. The van der Waals surface area contributed by atoms with Crippen LogP contribution in [0.2, 0.25) is 4.34 Å². The molecule has 0 aliphatic heterocycles. The van der Waals surface area contributed by atoms with Gasteiger partial charge in [-0.2, -0.15) is 0 Å². The number of carbonyl (C=O) groups is 1. The van der Waals surface area contributed by atoms with Gasteiger partial charge in [-0.05, 0) is 24.3 Å². The third-order valence-electron chi connectivity index (χ3n) is 3.67. The molecule has 0 spiro atoms. The molecule has 1 unspecified atom stereocenters. The predicted octanol–water partition coefficient (Wildman–Crippen LogP) is 4.45. The van der Waals surface area contributed by atoms with Crippen molar-refractivity contribution in [2.45, 2.75) is 0 Å². The Morgan fingerprint density at radius 2 is 1.74 bits per heavy atom. The lowest BCUT2D eigenvalue weighted by Crippen LogP contribution is -2.18. The highest BCUT2D eigenvalue weighted by atomic mass is 35.5. The number of carboxylic acid groups (broad SMARTS) is 1. The number of anilines is 2. The van der Waals surface area contributed by atoms with Gasteiger partial charge in [0.05, 0.1) is 5.69 Å². The molecule has 0 aliphatic rings. The van der Waals surface area contributed by atoms with Crippen molar-refractivity contribution in [3.05, 3.63) is 58.4 Å². The van der Waals surface area contributed by atoms with Gasteiger partial charge in [-0.3, -0.25) is 4.55 Å². The molecule has 0 bridgehead atoms. The second-order valence-electron chi connectivity index (χ2n) is 5.32. The van der Waals surface area contributed by atoms with Gasteiger partial charge in [0, 0.05) is 17.2 Å². The number of nitrogens with zero attached hydrogens (tertiary/aromatic N) is 1. The maximum Gasteiger partial charge on any atom is 0.339 e. The molecule has 4 N–H and O–H groups in total. The van der Waals surface area contributed by atoms with E-state index in [0.29, 0.717) is 11.1 Å². The van der Waals surface area contributed by atoms with Crippen LogP contribution in [0.1, 0.15) is 10.4 Å². The number of aromatic hydroxyl groups is 2. The molecule has 0 radical (unpaired) electrons. The molecule has 10 heteroatoms. The van der Waals surface area contributed by atoms with Gasteiger partial charge in [-0.25, -0.2) is 13.3 Å². The number of rotatable bonds is 5. The van der Waals surface area contributed by atoms with Crippen LogP contribution in [0.15, 0.2) is 48.5 Å². The van der Waals surface area contributed by atoms with Gasteiger partial charge in [0.1, 0.15) is 26.4 Å². The standard InChI is InChI=1S/C17H12ClNO6S2/c18-16-12(10-3-1-2-4-13(10)20)8-15(26-16)19(27(24)25)9-5-6-11(17(22)23)14(21)7-9/h1-8,20-21H,(H,22,23)(H,24,25). The Morgan fingerprint density at radius 1 is 1.04 bits per heavy atom. The maximum absolute atomic E-state index is 11.9. The van der Waals surface area contributed by atoms with Crippen molar-refractivity contribution in [3.63, 3.8) is 0 Å². The first kappa shape index (κ1) is 19.2. The summed E-state index contributed by atoms with van der Waals surface area (Å²) < 4.78 is 22.9. The van der Waals surface area contributed by atoms with Crippen LogP contribution in [0.3, 0.4) is 0 Å². The molecule has 0 fully saturated rings. The summed E-state index contributed by atoms with van der Waals surface area (Å²) in [6.45, 7) is 0. The molecule has 0 saturated heterocycles. The van der Waals surface area contributed by atoms with Crippen molar-refractivity contribution < 1.29 is 28.9 Å². The minimum absolute atomic E-state index is 0.00359. The summed E-state index contributed by atoms with van der Waals surface area (Å²) in [6, 6.07) is 11.5. The SMILES string of the molecule is O=C(O)c1ccc(N(c2cc(-c3ccccc3O)c(Cl)s2)S(=O)O)cc1O. The normalized spacial score (nSPS) is 11.9. The van der Waals surface area contributed by atoms with Crippen molar-refractivity contribution in [3.8, 4) is 22.6 Å². The number of para-hydroxylation sites is 1. The second kappa shape index (κ2) is 7.57. The molecular formula is C17H12ClNO6S2. The fourth-order valence-corrected chi connectivity index (χ4v) is 4.49. The van der Waals surface area contributed by atoms with E-state index in [1.54, 1.807) is 18.2 Å². The quantitative estimate of drug-likeness (QED) is 0.448. The molecule has 3 rings (SSSR count). The van der Waals surface area contributed by atoms with Crippen LogP contribution < -0.4 is 4.31 Å². The third kappa shape index (κ3) is 3.76. The lowest BCUT2D eigenvalue weighted by Gasteiger charge is -2.18. The Balaban J connectivity index is 2.09. The van der Waals surface area contributed by atoms with Crippen LogP contribution >= 0.6 is 22.9 Å². The number of carboxylic acids is 1. The lowest BCUT2D eigenvalue weighted by molar-refractivity contribution is 0.0693. The van der Waals surface area contributed by atoms with Crippen LogP contribution in [-0.4, -0.2) is 30.1 Å². The Bertz CT molecular complexity index is 1050. The van der Waals surface area contributed by atoms with Crippen LogP contribution in [0.4, 0.5) is 10.7 Å². The number of phenolic OH excluding ortho intramolecular Hbond substituents is 1. The summed E-state index contributed by atoms with van der Waals surface area (Å²) in [7, 11) is 0. The molecule has 1 atom stereocenters. The highest BCUT2D eigenvalue weighted by Crippen LogP contribution is 2.45. The van der Waals surface area contributed by atoms with E-state index in [1.165, 1.54) is 18.2 Å². The summed E-state index contributed by atoms with van der Waals surface area (Å²) >= 11 is 4.73. The highest BCUT2D eigenvalue weighted by molar-refractivity contribution is 7.81. The molecule has 0 aliphatic carbocycles. The van der Waals surface area contributed by atoms with E-state index in [1.807, 2.05) is 0 Å². The van der Waals surface area contributed by atoms with Gasteiger partial charge in [-0.1, -0.05) is 29.8 Å². The number of halogens is 1. The van der Waals surface area contributed by atoms with Crippen LogP contribution in [0, 0.1) is 0 Å². The maximum atomic E-state index is 11.9. The molecule has 0 amide bonds. The van der Waals surface area contributed by atoms with E-state index < -0.39 is 23.0 Å². The third-order valence-corrected chi connectivity index (χ3v) is 5.85. The fourth-order valence-electron chi connectivity index (χ4n) is 2.46. The highest BCUT2D eigenvalue weighted by Gasteiger charge is 2.23. The van der Waals surface area contributed by atoms with Crippen molar-refractivity contribution in [2.75, 3.05) is 4.31 Å². The molecular weight excluding hydrogens is 414 g/mol. The van der Waals surface area contributed by atoms with Crippen LogP contribution in [-0.2, 0) is 11.3 Å². The van der Waals surface area contributed by atoms with Gasteiger partial charge < -0.3 is 15.3 Å². The van der Waals surface area contributed by atoms with Gasteiger partial charge in [0.25, 0.3) is 11.3 Å². The van der Waals surface area contributed by atoms with E-state index in [0.717, 1.165) is 27.8 Å². The van der Waals surface area contributed by atoms with Gasteiger partial charge >= 0.3 is 5.97 Å². The zero-order chi connectivity index (χ0) is 19.7. The number of hydrogen-bond acceptors (Lipinski definition) is 5. The predicted molar refractivity (Wildman–Crippen MR) is 104 cm³/mol. The number of thiophene rings is 1. The number of aromatic carboxylic acids is 1. The number of hydrogen-bond donors (Lipinski definition) is 4. The Hall–Kier alpha value is -2.59. The van der Waals surface area contributed by atoms with Crippen molar-refractivity contribution in [1.29, 1.82) is 0 Å². The smallest absolute Gasteiger partial charge is 0.339 e. The van der Waals surface area contributed by atoms with Gasteiger partial charge in [0.15, 0.2) is 0 Å². The van der Waals surface area contributed by atoms with Gasteiger partial charge in [-0.15, -0.1) is 11.3 Å². The average molecular weight is 426 g/mol. The molecule has 0 saturated carbocycles. The first-order valence-corrected chi connectivity index (χ1v) is 9.60. The minimum atomic E-state index is -2.52. The largest absolute Gasteiger partial charge is 0.507 e. The molecule has 1 heterocycles. The van der Waals surface area contributed by atoms with E-state index in [4.69, 9.17) is 16.7 Å². The molecule has 27 heavy (non-hydrogen) atoms. The lowest BCUT2D eigenvalue weighted by atomic mass is 10.1. The summed E-state index contributed by atoms with van der Waals surface area (Å²) in [5, 5.41) is 29.1. The molecule has 2 aromatic carbocycles. The Kier molecular flexibility index (Phi) is 5.38. The molecule has 1 aromatic heterocycles. The summed E-state index contributed by atoms with van der Waals surface area (Å²) in [5.41, 5.74) is 0.691. The number of phenols is 2. The van der Waals surface area contributed by atoms with Crippen LogP contribution in [0.25, 0.3) is 11.1 Å². The molecule has 3 aromatic rings. The van der Waals surface area contributed by atoms with Crippen molar-refractivity contribution in [1.82, 2.24) is 0 Å². The first-order valence-electron chi connectivity index (χ1n) is 7.34. The number of benzene rings is 2. The zero-order valence-electron chi connectivity index (χ0n) is 13.4. The summed E-state index contributed by atoms with van der Waals surface area (Å²) in [6.07, 6.45) is 0. The average Bonchev–Trinajstić information content (AvgIpc) is 2.96. The first-order chi connectivity index (χ1) is 12.8. The summed E-state index contributed by atoms with van der Waals surface area (Å²) in [5.74, 6) is -1.86. The van der Waals surface area contributed by atoms with E-state index in [2.05, 4.69) is 0 Å². The van der Waals surface area contributed by atoms with Gasteiger partial charge in [0.2, 0.25) is 0 Å².